The fraction of sp³-hybridized carbons (Fsp3) is 0.143. The van der Waals surface area contributed by atoms with Crippen LogP contribution in [0.3, 0.4) is 0 Å². The maximum Gasteiger partial charge on any atom is 0.331 e. The van der Waals surface area contributed by atoms with Crippen LogP contribution >= 0.6 is 27.3 Å². The summed E-state index contributed by atoms with van der Waals surface area (Å²) in [4.78, 5) is 24.1. The Morgan fingerprint density at radius 3 is 2.65 bits per heavy atom. The van der Waals surface area contributed by atoms with E-state index in [1.807, 2.05) is 13.0 Å². The second-order valence-corrected chi connectivity index (χ2v) is 5.97. The van der Waals surface area contributed by atoms with Crippen LogP contribution in [0, 0.1) is 6.92 Å². The van der Waals surface area contributed by atoms with E-state index in [1.54, 1.807) is 29.6 Å². The van der Waals surface area contributed by atoms with E-state index in [4.69, 9.17) is 0 Å². The molecular formula is C14H12BrNO3S. The summed E-state index contributed by atoms with van der Waals surface area (Å²) < 4.78 is 0.674. The summed E-state index contributed by atoms with van der Waals surface area (Å²) in [5, 5.41) is 13.6. The molecule has 104 valence electrons. The highest BCUT2D eigenvalue weighted by atomic mass is 79.9. The molecule has 6 heteroatoms. The van der Waals surface area contributed by atoms with Crippen molar-refractivity contribution in [3.63, 3.8) is 0 Å². The van der Waals surface area contributed by atoms with Crippen molar-refractivity contribution in [2.45, 2.75) is 13.0 Å². The first-order valence-corrected chi connectivity index (χ1v) is 7.50. The molecule has 0 aliphatic heterocycles. The van der Waals surface area contributed by atoms with Crippen LogP contribution in [0.1, 0.15) is 26.8 Å². The quantitative estimate of drug-likeness (QED) is 0.885. The number of halogens is 1. The molecule has 0 saturated heterocycles. The predicted molar refractivity (Wildman–Crippen MR) is 81.0 cm³/mol. The van der Waals surface area contributed by atoms with Gasteiger partial charge in [0.05, 0.1) is 5.56 Å². The van der Waals surface area contributed by atoms with Crippen molar-refractivity contribution in [1.29, 1.82) is 0 Å². The number of nitrogens with one attached hydrogen (secondary N) is 1. The second-order valence-electron chi connectivity index (χ2n) is 4.20. The number of aliphatic carboxylic acids is 1. The number of aryl methyl sites for hydroxylation is 1. The maximum atomic E-state index is 12.2. The van der Waals surface area contributed by atoms with E-state index in [9.17, 15) is 14.7 Å². The zero-order valence-electron chi connectivity index (χ0n) is 10.6. The van der Waals surface area contributed by atoms with Crippen LogP contribution in [-0.4, -0.2) is 17.0 Å². The summed E-state index contributed by atoms with van der Waals surface area (Å²) in [6.07, 6.45) is 0. The summed E-state index contributed by atoms with van der Waals surface area (Å²) in [6.45, 7) is 1.87. The van der Waals surface area contributed by atoms with Gasteiger partial charge in [0.25, 0.3) is 5.91 Å². The van der Waals surface area contributed by atoms with Gasteiger partial charge < -0.3 is 10.4 Å². The number of hydrogen-bond donors (Lipinski definition) is 2. The van der Waals surface area contributed by atoms with Crippen LogP contribution in [0.2, 0.25) is 0 Å². The lowest BCUT2D eigenvalue weighted by Gasteiger charge is -2.14. The Morgan fingerprint density at radius 2 is 2.05 bits per heavy atom. The summed E-state index contributed by atoms with van der Waals surface area (Å²) in [5.41, 5.74) is 1.34. The van der Waals surface area contributed by atoms with Gasteiger partial charge in [0.1, 0.15) is 0 Å². The molecule has 0 fully saturated rings. The first kappa shape index (κ1) is 14.7. The van der Waals surface area contributed by atoms with Crippen molar-refractivity contribution < 1.29 is 14.7 Å². The molecule has 1 unspecified atom stereocenters. The Morgan fingerprint density at radius 1 is 1.30 bits per heavy atom. The van der Waals surface area contributed by atoms with Gasteiger partial charge in [-0.25, -0.2) is 4.79 Å². The number of thiophene rings is 1. The molecule has 1 atom stereocenters. The molecule has 1 aromatic heterocycles. The van der Waals surface area contributed by atoms with Gasteiger partial charge in [-0.05, 0) is 45.9 Å². The number of amides is 1. The Hall–Kier alpha value is -1.66. The van der Waals surface area contributed by atoms with Crippen molar-refractivity contribution >= 4 is 39.1 Å². The molecule has 2 aromatic rings. The maximum absolute atomic E-state index is 12.2. The minimum absolute atomic E-state index is 0.415. The molecule has 2 rings (SSSR count). The Kier molecular flexibility index (Phi) is 4.57. The fourth-order valence-electron chi connectivity index (χ4n) is 1.74. The molecule has 2 N–H and O–H groups in total. The van der Waals surface area contributed by atoms with E-state index < -0.39 is 17.9 Å². The van der Waals surface area contributed by atoms with E-state index in [0.29, 0.717) is 14.9 Å². The molecule has 4 nitrogen and oxygen atoms in total. The molecule has 1 heterocycles. The van der Waals surface area contributed by atoms with Gasteiger partial charge in [0.15, 0.2) is 6.04 Å². The van der Waals surface area contributed by atoms with Crippen LogP contribution in [0.25, 0.3) is 0 Å². The zero-order chi connectivity index (χ0) is 14.7. The Bertz CT molecular complexity index is 640. The SMILES string of the molecule is Cc1cccc(C(=O)NC(C(=O)O)c2cccs2)c1Br. The summed E-state index contributed by atoms with van der Waals surface area (Å²) >= 11 is 4.65. The molecular weight excluding hydrogens is 342 g/mol. The van der Waals surface area contributed by atoms with Crippen molar-refractivity contribution in [1.82, 2.24) is 5.32 Å². The number of carboxylic acid groups (broad SMARTS) is 1. The number of hydrogen-bond acceptors (Lipinski definition) is 3. The molecule has 0 aliphatic rings. The molecule has 0 aliphatic carbocycles. The highest BCUT2D eigenvalue weighted by molar-refractivity contribution is 9.10. The van der Waals surface area contributed by atoms with Gasteiger partial charge in [0.2, 0.25) is 0 Å². The van der Waals surface area contributed by atoms with Gasteiger partial charge in [0, 0.05) is 9.35 Å². The summed E-state index contributed by atoms with van der Waals surface area (Å²) in [5.74, 6) is -1.49. The predicted octanol–water partition coefficient (Wildman–Crippen LogP) is 3.37. The van der Waals surface area contributed by atoms with E-state index in [0.717, 1.165) is 5.56 Å². The average molecular weight is 354 g/mol. The van der Waals surface area contributed by atoms with Crippen LogP contribution in [-0.2, 0) is 4.79 Å². The molecule has 1 amide bonds. The normalized spacial score (nSPS) is 11.9. The molecule has 0 bridgehead atoms. The molecule has 0 spiro atoms. The number of benzene rings is 1. The largest absolute Gasteiger partial charge is 0.479 e. The number of carbonyl (C=O) groups is 2. The monoisotopic (exact) mass is 353 g/mol. The Labute approximate surface area is 128 Å². The van der Waals surface area contributed by atoms with Crippen LogP contribution in [0.4, 0.5) is 0 Å². The Balaban J connectivity index is 2.25. The molecule has 0 radical (unpaired) electrons. The molecule has 1 aromatic carbocycles. The van der Waals surface area contributed by atoms with Crippen molar-refractivity contribution in [2.24, 2.45) is 0 Å². The van der Waals surface area contributed by atoms with E-state index in [2.05, 4.69) is 21.2 Å². The van der Waals surface area contributed by atoms with Crippen LogP contribution in [0.15, 0.2) is 40.2 Å². The number of carbonyl (C=O) groups excluding carboxylic acids is 1. The minimum atomic E-state index is -1.08. The van der Waals surface area contributed by atoms with Crippen LogP contribution in [0.5, 0.6) is 0 Å². The third-order valence-corrected chi connectivity index (χ3v) is 4.78. The number of carboxylic acids is 1. The van der Waals surface area contributed by atoms with Crippen LogP contribution < -0.4 is 5.32 Å². The smallest absolute Gasteiger partial charge is 0.331 e. The van der Waals surface area contributed by atoms with Crippen molar-refractivity contribution in [3.8, 4) is 0 Å². The van der Waals surface area contributed by atoms with Gasteiger partial charge in [-0.2, -0.15) is 0 Å². The first-order valence-electron chi connectivity index (χ1n) is 5.83. The van der Waals surface area contributed by atoms with Gasteiger partial charge >= 0.3 is 5.97 Å². The van der Waals surface area contributed by atoms with E-state index >= 15 is 0 Å². The molecule has 20 heavy (non-hydrogen) atoms. The summed E-state index contributed by atoms with van der Waals surface area (Å²) in [7, 11) is 0. The molecule has 0 saturated carbocycles. The first-order chi connectivity index (χ1) is 9.50. The van der Waals surface area contributed by atoms with Gasteiger partial charge in [-0.15, -0.1) is 11.3 Å². The lowest BCUT2D eigenvalue weighted by atomic mass is 10.1. The lowest BCUT2D eigenvalue weighted by Crippen LogP contribution is -2.33. The lowest BCUT2D eigenvalue weighted by molar-refractivity contribution is -0.139. The minimum Gasteiger partial charge on any atom is -0.479 e. The number of rotatable bonds is 4. The highest BCUT2D eigenvalue weighted by Crippen LogP contribution is 2.23. The summed E-state index contributed by atoms with van der Waals surface area (Å²) in [6, 6.07) is 7.69. The van der Waals surface area contributed by atoms with E-state index in [1.165, 1.54) is 11.3 Å². The standard InChI is InChI=1S/C14H12BrNO3S/c1-8-4-2-5-9(11(8)15)13(17)16-12(14(18)19)10-6-3-7-20-10/h2-7,12H,1H3,(H,16,17)(H,18,19). The topological polar surface area (TPSA) is 66.4 Å². The van der Waals surface area contributed by atoms with Gasteiger partial charge in [-0.1, -0.05) is 18.2 Å². The second kappa shape index (κ2) is 6.19. The van der Waals surface area contributed by atoms with E-state index in [-0.39, 0.29) is 0 Å². The fourth-order valence-corrected chi connectivity index (χ4v) is 2.95. The third kappa shape index (κ3) is 3.08. The zero-order valence-corrected chi connectivity index (χ0v) is 13.0. The van der Waals surface area contributed by atoms with Gasteiger partial charge in [-0.3, -0.25) is 4.79 Å². The average Bonchev–Trinajstić information content (AvgIpc) is 2.92. The third-order valence-electron chi connectivity index (χ3n) is 2.79. The highest BCUT2D eigenvalue weighted by Gasteiger charge is 2.24. The van der Waals surface area contributed by atoms with Crippen molar-refractivity contribution in [2.75, 3.05) is 0 Å². The van der Waals surface area contributed by atoms with Crippen molar-refractivity contribution in [3.05, 3.63) is 56.2 Å².